The van der Waals surface area contributed by atoms with Crippen LogP contribution < -0.4 is 11.5 Å². The highest BCUT2D eigenvalue weighted by Gasteiger charge is 2.09. The molecule has 0 aromatic heterocycles. The molecule has 0 aliphatic carbocycles. The molecule has 114 valence electrons. The zero-order valence-corrected chi connectivity index (χ0v) is 12.2. The van der Waals surface area contributed by atoms with Gasteiger partial charge in [0.2, 0.25) is 0 Å². The summed E-state index contributed by atoms with van der Waals surface area (Å²) in [4.78, 5) is 35.9. The molecule has 0 spiro atoms. The Kier molecular flexibility index (Phi) is 12.2. The molecule has 0 saturated heterocycles. The lowest BCUT2D eigenvalue weighted by Gasteiger charge is -2.04. The summed E-state index contributed by atoms with van der Waals surface area (Å²) in [6.45, 7) is 2.42. The third-order valence-corrected chi connectivity index (χ3v) is 2.48. The second-order valence-electron chi connectivity index (χ2n) is 3.38. The van der Waals surface area contributed by atoms with Gasteiger partial charge in [0.1, 0.15) is 6.04 Å². The first kappa shape index (κ1) is 20.7. The number of carboxylic acids is 1. The summed E-state index contributed by atoms with van der Waals surface area (Å²) in [5.74, 6) is 1.22. The smallest absolute Gasteiger partial charge is 0.466 e. The zero-order valence-electron chi connectivity index (χ0n) is 10.5. The second kappa shape index (κ2) is 11.2. The van der Waals surface area contributed by atoms with E-state index in [1.807, 2.05) is 0 Å². The first-order chi connectivity index (χ1) is 8.54. The van der Waals surface area contributed by atoms with Crippen molar-refractivity contribution in [2.24, 2.45) is 16.5 Å². The number of hydrogen-bond donors (Lipinski definition) is 6. The molecule has 11 heteroatoms. The monoisotopic (exact) mass is 317 g/mol. The normalized spacial score (nSPS) is 13.4. The summed E-state index contributed by atoms with van der Waals surface area (Å²) in [7, 11) is -4.64. The highest BCUT2D eigenvalue weighted by Crippen LogP contribution is 2.25. The van der Waals surface area contributed by atoms with E-state index in [0.717, 1.165) is 11.5 Å². The molecule has 0 heterocycles. The predicted molar refractivity (Wildman–Crippen MR) is 74.0 cm³/mol. The summed E-state index contributed by atoms with van der Waals surface area (Å²) in [5.41, 5.74) is 10.7. The van der Waals surface area contributed by atoms with Crippen LogP contribution in [0.5, 0.6) is 0 Å². The minimum atomic E-state index is -4.64. The van der Waals surface area contributed by atoms with E-state index in [1.165, 1.54) is 0 Å². The van der Waals surface area contributed by atoms with Crippen LogP contribution in [0.15, 0.2) is 4.99 Å². The third kappa shape index (κ3) is 26.8. The Morgan fingerprint density at radius 1 is 1.37 bits per heavy atom. The van der Waals surface area contributed by atoms with Gasteiger partial charge in [-0.15, -0.1) is 0 Å². The van der Waals surface area contributed by atoms with Gasteiger partial charge in [-0.2, -0.15) is 11.8 Å². The van der Waals surface area contributed by atoms with Crippen LogP contribution in [0, 0.1) is 0 Å². The lowest BCUT2D eigenvalue weighted by molar-refractivity contribution is -0.138. The van der Waals surface area contributed by atoms with E-state index in [9.17, 15) is 4.79 Å². The molecule has 0 aliphatic heterocycles. The minimum Gasteiger partial charge on any atom is -0.480 e. The average Bonchev–Trinajstić information content (AvgIpc) is 2.19. The van der Waals surface area contributed by atoms with Crippen LogP contribution in [0.25, 0.3) is 0 Å². The van der Waals surface area contributed by atoms with Crippen molar-refractivity contribution in [1.29, 1.82) is 0 Å². The largest absolute Gasteiger partial charge is 0.480 e. The SMILES string of the molecule is CC(N)=NCCSCCC(N)C(=O)O.O=P(O)(O)O. The van der Waals surface area contributed by atoms with Gasteiger partial charge in [0, 0.05) is 12.3 Å². The molecule has 8 N–H and O–H groups in total. The van der Waals surface area contributed by atoms with Gasteiger partial charge in [-0.1, -0.05) is 0 Å². The molecular formula is C8H20N3O6PS. The maximum Gasteiger partial charge on any atom is 0.466 e. The molecule has 0 radical (unpaired) electrons. The molecule has 0 aromatic rings. The van der Waals surface area contributed by atoms with Crippen molar-refractivity contribution < 1.29 is 29.1 Å². The number of nitrogens with two attached hydrogens (primary N) is 2. The van der Waals surface area contributed by atoms with Gasteiger partial charge in [-0.25, -0.2) is 4.57 Å². The van der Waals surface area contributed by atoms with Crippen LogP contribution in [-0.4, -0.2) is 55.7 Å². The molecule has 19 heavy (non-hydrogen) atoms. The van der Waals surface area contributed by atoms with E-state index in [2.05, 4.69) is 4.99 Å². The number of amidine groups is 1. The van der Waals surface area contributed by atoms with Crippen molar-refractivity contribution in [3.63, 3.8) is 0 Å². The van der Waals surface area contributed by atoms with Gasteiger partial charge in [-0.05, 0) is 19.1 Å². The van der Waals surface area contributed by atoms with Crippen LogP contribution in [0.2, 0.25) is 0 Å². The summed E-state index contributed by atoms with van der Waals surface area (Å²) in [6, 6.07) is -0.748. The van der Waals surface area contributed by atoms with E-state index >= 15 is 0 Å². The lowest BCUT2D eigenvalue weighted by Crippen LogP contribution is -2.30. The maximum absolute atomic E-state index is 10.3. The number of thioether (sulfide) groups is 1. The quantitative estimate of drug-likeness (QED) is 0.148. The molecule has 0 bridgehead atoms. The molecule has 0 aliphatic rings. The van der Waals surface area contributed by atoms with Gasteiger partial charge in [0.05, 0.1) is 5.84 Å². The Balaban J connectivity index is 0. The number of aliphatic imine (C=N–C) groups is 1. The summed E-state index contributed by atoms with van der Waals surface area (Å²) >= 11 is 1.63. The molecule has 1 unspecified atom stereocenters. The average molecular weight is 317 g/mol. The van der Waals surface area contributed by atoms with Gasteiger partial charge >= 0.3 is 13.8 Å². The van der Waals surface area contributed by atoms with Crippen molar-refractivity contribution in [1.82, 2.24) is 0 Å². The van der Waals surface area contributed by atoms with Crippen molar-refractivity contribution in [3.05, 3.63) is 0 Å². The van der Waals surface area contributed by atoms with Crippen molar-refractivity contribution in [3.8, 4) is 0 Å². The fraction of sp³-hybridized carbons (Fsp3) is 0.750. The van der Waals surface area contributed by atoms with Crippen LogP contribution in [0.4, 0.5) is 0 Å². The number of aliphatic carboxylic acids is 1. The van der Waals surface area contributed by atoms with Gasteiger partial charge < -0.3 is 31.3 Å². The Morgan fingerprint density at radius 3 is 2.21 bits per heavy atom. The number of phosphoric acid groups is 1. The number of rotatable bonds is 7. The molecule has 0 rings (SSSR count). The molecule has 0 fully saturated rings. The van der Waals surface area contributed by atoms with E-state index in [1.54, 1.807) is 18.7 Å². The van der Waals surface area contributed by atoms with Gasteiger partial charge in [0.15, 0.2) is 0 Å². The summed E-state index contributed by atoms with van der Waals surface area (Å²) in [6.07, 6.45) is 0.491. The van der Waals surface area contributed by atoms with Gasteiger partial charge in [-0.3, -0.25) is 9.79 Å². The fourth-order valence-corrected chi connectivity index (χ4v) is 1.57. The van der Waals surface area contributed by atoms with Crippen LogP contribution in [0.3, 0.4) is 0 Å². The second-order valence-corrected chi connectivity index (χ2v) is 5.63. The number of nitrogens with zero attached hydrogens (tertiary/aromatic N) is 1. The number of carboxylic acid groups (broad SMARTS) is 1. The van der Waals surface area contributed by atoms with Crippen LogP contribution >= 0.6 is 19.6 Å². The van der Waals surface area contributed by atoms with E-state index < -0.39 is 19.8 Å². The topological polar surface area (TPSA) is 179 Å². The van der Waals surface area contributed by atoms with E-state index in [-0.39, 0.29) is 0 Å². The van der Waals surface area contributed by atoms with Crippen LogP contribution in [-0.2, 0) is 9.36 Å². The molecule has 1 atom stereocenters. The molecule has 0 amide bonds. The number of carbonyl (C=O) groups is 1. The highest BCUT2D eigenvalue weighted by molar-refractivity contribution is 7.99. The van der Waals surface area contributed by atoms with E-state index in [4.69, 9.17) is 35.8 Å². The lowest BCUT2D eigenvalue weighted by atomic mass is 10.2. The maximum atomic E-state index is 10.3. The fourth-order valence-electron chi connectivity index (χ4n) is 0.722. The van der Waals surface area contributed by atoms with Crippen molar-refractivity contribution in [2.75, 3.05) is 18.1 Å². The van der Waals surface area contributed by atoms with Gasteiger partial charge in [0.25, 0.3) is 0 Å². The first-order valence-electron chi connectivity index (χ1n) is 5.15. The zero-order chi connectivity index (χ0) is 15.5. The minimum absolute atomic E-state index is 0.491. The molecule has 0 saturated carbocycles. The predicted octanol–water partition coefficient (Wildman–Crippen LogP) is -1.03. The summed E-state index contributed by atoms with van der Waals surface area (Å²) in [5, 5.41) is 8.48. The van der Waals surface area contributed by atoms with Crippen LogP contribution in [0.1, 0.15) is 13.3 Å². The Hall–Kier alpha value is -0.640. The summed E-state index contributed by atoms with van der Waals surface area (Å²) < 4.78 is 8.88. The van der Waals surface area contributed by atoms with E-state index in [0.29, 0.717) is 18.8 Å². The molecule has 0 aromatic carbocycles. The Labute approximate surface area is 115 Å². The molecular weight excluding hydrogens is 297 g/mol. The number of hydrogen-bond acceptors (Lipinski definition) is 5. The Morgan fingerprint density at radius 2 is 1.84 bits per heavy atom. The molecule has 9 nitrogen and oxygen atoms in total. The Bertz CT molecular complexity index is 322. The third-order valence-electron chi connectivity index (χ3n) is 1.49. The van der Waals surface area contributed by atoms with Crippen molar-refractivity contribution in [2.45, 2.75) is 19.4 Å². The first-order valence-corrected chi connectivity index (χ1v) is 7.87. The highest BCUT2D eigenvalue weighted by atomic mass is 32.2. The standard InChI is InChI=1S/C8H17N3O2S.H3O4P/c1-6(9)11-3-5-14-4-2-7(10)8(12)13;1-5(2,3)4/h7H,2-5,10H2,1H3,(H2,9,11)(H,12,13);(H3,1,2,3,4). The van der Waals surface area contributed by atoms with Crippen molar-refractivity contribution >= 4 is 31.4 Å².